The second-order valence-electron chi connectivity index (χ2n) is 6.89. The van der Waals surface area contributed by atoms with Gasteiger partial charge in [-0.15, -0.1) is 5.10 Å². The molecule has 0 saturated carbocycles. The molecule has 0 N–H and O–H groups in total. The fourth-order valence-corrected chi connectivity index (χ4v) is 3.37. The van der Waals surface area contributed by atoms with Crippen LogP contribution in [0.4, 0.5) is 0 Å². The number of amides is 2. The van der Waals surface area contributed by atoms with Crippen LogP contribution < -0.4 is 0 Å². The molecule has 0 atom stereocenters. The third-order valence-electron chi connectivity index (χ3n) is 4.91. The lowest BCUT2D eigenvalue weighted by Crippen LogP contribution is -2.51. The molecule has 0 radical (unpaired) electrons. The number of piperazine rings is 1. The topological polar surface area (TPSA) is 110 Å². The van der Waals surface area contributed by atoms with Crippen LogP contribution >= 0.6 is 11.6 Å². The maximum Gasteiger partial charge on any atom is 0.244 e. The highest BCUT2D eigenvalue weighted by molar-refractivity contribution is 6.30. The van der Waals surface area contributed by atoms with Gasteiger partial charge in [0.05, 0.1) is 6.20 Å². The number of halogens is 1. The van der Waals surface area contributed by atoms with Crippen LogP contribution in [0.2, 0.25) is 5.02 Å². The highest BCUT2D eigenvalue weighted by atomic mass is 35.5. The molecule has 11 heteroatoms. The molecule has 2 amide bonds. The van der Waals surface area contributed by atoms with Crippen molar-refractivity contribution in [2.24, 2.45) is 0 Å². The molecule has 0 spiro atoms. The second kappa shape index (κ2) is 9.04. The smallest absolute Gasteiger partial charge is 0.244 e. The average molecular weight is 430 g/mol. The summed E-state index contributed by atoms with van der Waals surface area (Å²) < 4.78 is 7.13. The summed E-state index contributed by atoms with van der Waals surface area (Å²) in [6.45, 7) is 2.09. The molecule has 0 unspecified atom stereocenters. The number of hydrogen-bond acceptors (Lipinski definition) is 7. The molecular formula is C19H20ClN7O3. The van der Waals surface area contributed by atoms with Crippen LogP contribution in [-0.4, -0.2) is 73.0 Å². The zero-order valence-electron chi connectivity index (χ0n) is 16.1. The lowest BCUT2D eigenvalue weighted by Gasteiger charge is -2.34. The lowest BCUT2D eigenvalue weighted by atomic mass is 10.2. The summed E-state index contributed by atoms with van der Waals surface area (Å²) in [6, 6.07) is 7.29. The summed E-state index contributed by atoms with van der Waals surface area (Å²) in [7, 11) is 0. The minimum absolute atomic E-state index is 0.0221. The van der Waals surface area contributed by atoms with Gasteiger partial charge < -0.3 is 14.2 Å². The van der Waals surface area contributed by atoms with Crippen LogP contribution in [0.15, 0.2) is 41.2 Å². The van der Waals surface area contributed by atoms with Gasteiger partial charge in [-0.25, -0.2) is 9.67 Å². The van der Waals surface area contributed by atoms with Crippen LogP contribution in [0.3, 0.4) is 0 Å². The number of rotatable bonds is 6. The highest BCUT2D eigenvalue weighted by Crippen LogP contribution is 2.22. The van der Waals surface area contributed by atoms with Crippen molar-refractivity contribution in [3.8, 4) is 11.3 Å². The third-order valence-corrected chi connectivity index (χ3v) is 5.16. The zero-order chi connectivity index (χ0) is 20.9. The standard InChI is InChI=1S/C19H20ClN7O3/c20-15-3-1-14(2-4-15)16-11-21-17(30-16)5-6-18(28)25-7-9-26(10-8-25)19(29)12-27-13-22-23-24-27/h1-4,11,13H,5-10,12H2. The maximum atomic E-state index is 12.5. The van der Waals surface area contributed by atoms with Crippen LogP contribution in [0, 0.1) is 0 Å². The molecule has 10 nitrogen and oxygen atoms in total. The lowest BCUT2D eigenvalue weighted by molar-refractivity contribution is -0.140. The van der Waals surface area contributed by atoms with Crippen molar-refractivity contribution < 1.29 is 14.0 Å². The van der Waals surface area contributed by atoms with E-state index < -0.39 is 0 Å². The van der Waals surface area contributed by atoms with Gasteiger partial charge in [0.15, 0.2) is 11.7 Å². The predicted molar refractivity (Wildman–Crippen MR) is 106 cm³/mol. The monoisotopic (exact) mass is 429 g/mol. The van der Waals surface area contributed by atoms with Crippen LogP contribution in [-0.2, 0) is 22.6 Å². The molecule has 2 aromatic heterocycles. The Morgan fingerprint density at radius 3 is 2.40 bits per heavy atom. The Morgan fingerprint density at radius 2 is 1.73 bits per heavy atom. The van der Waals surface area contributed by atoms with Crippen LogP contribution in [0.1, 0.15) is 12.3 Å². The Balaban J connectivity index is 1.23. The molecule has 3 aromatic rings. The molecule has 3 heterocycles. The first-order valence-corrected chi connectivity index (χ1v) is 9.93. The molecule has 1 aromatic carbocycles. The molecule has 1 saturated heterocycles. The van der Waals surface area contributed by atoms with Crippen molar-refractivity contribution in [2.75, 3.05) is 26.2 Å². The van der Waals surface area contributed by atoms with E-state index in [0.717, 1.165) is 5.56 Å². The number of tetrazole rings is 1. The van der Waals surface area contributed by atoms with Crippen LogP contribution in [0.25, 0.3) is 11.3 Å². The number of aryl methyl sites for hydroxylation is 1. The first kappa shape index (κ1) is 20.0. The van der Waals surface area contributed by atoms with E-state index >= 15 is 0 Å². The van der Waals surface area contributed by atoms with Crippen molar-refractivity contribution in [2.45, 2.75) is 19.4 Å². The number of hydrogen-bond donors (Lipinski definition) is 0. The van der Waals surface area contributed by atoms with E-state index in [0.29, 0.717) is 55.7 Å². The van der Waals surface area contributed by atoms with E-state index in [1.165, 1.54) is 11.0 Å². The van der Waals surface area contributed by atoms with Gasteiger partial charge in [-0.2, -0.15) is 0 Å². The minimum atomic E-state index is -0.0658. The summed E-state index contributed by atoms with van der Waals surface area (Å²) in [5.74, 6) is 1.12. The van der Waals surface area contributed by atoms with E-state index in [4.69, 9.17) is 16.0 Å². The SMILES string of the molecule is O=C(CCc1ncc(-c2ccc(Cl)cc2)o1)N1CCN(C(=O)Cn2cnnn2)CC1. The Morgan fingerprint density at radius 1 is 1.03 bits per heavy atom. The Kier molecular flexibility index (Phi) is 6.03. The second-order valence-corrected chi connectivity index (χ2v) is 7.33. The zero-order valence-corrected chi connectivity index (χ0v) is 16.9. The van der Waals surface area contributed by atoms with Crippen molar-refractivity contribution >= 4 is 23.4 Å². The van der Waals surface area contributed by atoms with Crippen molar-refractivity contribution in [3.05, 3.63) is 47.7 Å². The van der Waals surface area contributed by atoms with Crippen molar-refractivity contribution in [1.82, 2.24) is 35.0 Å². The number of carbonyl (C=O) groups excluding carboxylic acids is 2. The van der Waals surface area contributed by atoms with Gasteiger partial charge in [-0.05, 0) is 34.7 Å². The average Bonchev–Trinajstić information content (AvgIpc) is 3.45. The molecule has 0 aliphatic carbocycles. The highest BCUT2D eigenvalue weighted by Gasteiger charge is 2.24. The van der Waals surface area contributed by atoms with Crippen molar-refractivity contribution in [3.63, 3.8) is 0 Å². The normalized spacial score (nSPS) is 14.2. The fraction of sp³-hybridized carbons (Fsp3) is 0.368. The first-order valence-electron chi connectivity index (χ1n) is 9.55. The number of benzene rings is 1. The molecule has 156 valence electrons. The molecular weight excluding hydrogens is 410 g/mol. The van der Waals surface area contributed by atoms with Crippen molar-refractivity contribution in [1.29, 1.82) is 0 Å². The predicted octanol–water partition coefficient (Wildman–Crippen LogP) is 1.29. The molecule has 4 rings (SSSR count). The molecule has 1 aliphatic heterocycles. The molecule has 0 bridgehead atoms. The summed E-state index contributed by atoms with van der Waals surface area (Å²) in [6.07, 6.45) is 3.78. The maximum absolute atomic E-state index is 12.5. The van der Waals surface area contributed by atoms with Gasteiger partial charge in [-0.1, -0.05) is 11.6 Å². The Labute approximate surface area is 177 Å². The first-order chi connectivity index (χ1) is 14.6. The largest absolute Gasteiger partial charge is 0.441 e. The summed E-state index contributed by atoms with van der Waals surface area (Å²) in [5.41, 5.74) is 0.881. The Hall–Kier alpha value is -3.27. The molecule has 1 fully saturated rings. The molecule has 1 aliphatic rings. The number of aromatic nitrogens is 5. The van der Waals surface area contributed by atoms with Crippen LogP contribution in [0.5, 0.6) is 0 Å². The number of oxazole rings is 1. The molecule has 30 heavy (non-hydrogen) atoms. The van der Waals surface area contributed by atoms with Gasteiger partial charge >= 0.3 is 0 Å². The van der Waals surface area contributed by atoms with E-state index in [1.54, 1.807) is 28.1 Å². The Bertz CT molecular complexity index is 996. The van der Waals surface area contributed by atoms with Gasteiger partial charge in [0.25, 0.3) is 0 Å². The third kappa shape index (κ3) is 4.82. The minimum Gasteiger partial charge on any atom is -0.441 e. The van der Waals surface area contributed by atoms with Gasteiger partial charge in [0, 0.05) is 49.6 Å². The van der Waals surface area contributed by atoms with E-state index in [-0.39, 0.29) is 18.4 Å². The summed E-state index contributed by atoms with van der Waals surface area (Å²) in [5, 5.41) is 11.4. The van der Waals surface area contributed by atoms with Gasteiger partial charge in [0.1, 0.15) is 12.9 Å². The number of nitrogens with zero attached hydrogens (tertiary/aromatic N) is 7. The van der Waals surface area contributed by atoms with Gasteiger partial charge in [-0.3, -0.25) is 9.59 Å². The summed E-state index contributed by atoms with van der Waals surface area (Å²) >= 11 is 5.90. The number of carbonyl (C=O) groups is 2. The van der Waals surface area contributed by atoms with E-state index in [2.05, 4.69) is 20.5 Å². The van der Waals surface area contributed by atoms with Gasteiger partial charge in [0.2, 0.25) is 11.8 Å². The van der Waals surface area contributed by atoms with E-state index in [1.807, 2.05) is 12.1 Å². The fourth-order valence-electron chi connectivity index (χ4n) is 3.24. The summed E-state index contributed by atoms with van der Waals surface area (Å²) in [4.78, 5) is 32.5. The van der Waals surface area contributed by atoms with E-state index in [9.17, 15) is 9.59 Å². The quantitative estimate of drug-likeness (QED) is 0.580.